The second kappa shape index (κ2) is 7.67. The minimum atomic E-state index is -0.951. The van der Waals surface area contributed by atoms with Gasteiger partial charge in [0, 0.05) is 19.9 Å². The van der Waals surface area contributed by atoms with E-state index in [0.717, 1.165) is 12.8 Å². The van der Waals surface area contributed by atoms with Gasteiger partial charge in [0.1, 0.15) is 6.33 Å². The number of esters is 2. The van der Waals surface area contributed by atoms with Crippen LogP contribution in [0.5, 0.6) is 0 Å². The second-order valence-corrected chi connectivity index (χ2v) is 7.08. The minimum Gasteiger partial charge on any atom is -0.455 e. The SMILES string of the molecule is C#C[C@H]1O[C@@H](n2cnc3c(NC4CCC4)ncnc32)[C@H](OC(C)=O)[C@H]1OC(C)=O. The lowest BCUT2D eigenvalue weighted by atomic mass is 9.93. The van der Waals surface area contributed by atoms with Crippen LogP contribution in [0.25, 0.3) is 11.2 Å². The van der Waals surface area contributed by atoms with Crippen LogP contribution in [-0.4, -0.2) is 55.8 Å². The molecule has 1 saturated heterocycles. The predicted molar refractivity (Wildman–Crippen MR) is 100 cm³/mol. The minimum absolute atomic E-state index is 0.369. The standard InChI is InChI=1S/C19H21N5O5/c1-4-13-15(27-10(2)25)16(28-11(3)26)19(29-13)24-9-22-14-17(20-8-21-18(14)24)23-12-6-5-7-12/h1,8-9,12-13,15-16,19H,5-7H2,2-3H3,(H,20,21,23)/t13-,15+,16-,19-/m1/s1. The fourth-order valence-corrected chi connectivity index (χ4v) is 3.52. The summed E-state index contributed by atoms with van der Waals surface area (Å²) in [6.45, 7) is 2.52. The summed E-state index contributed by atoms with van der Waals surface area (Å²) >= 11 is 0. The van der Waals surface area contributed by atoms with E-state index in [4.69, 9.17) is 20.6 Å². The fraction of sp³-hybridized carbons (Fsp3) is 0.526. The molecule has 0 bridgehead atoms. The number of aromatic nitrogens is 4. The fourth-order valence-electron chi connectivity index (χ4n) is 3.52. The van der Waals surface area contributed by atoms with Crippen LogP contribution >= 0.6 is 0 Å². The Labute approximate surface area is 167 Å². The number of carbonyl (C=O) groups excluding carboxylic acids is 2. The molecule has 0 aromatic carbocycles. The maximum absolute atomic E-state index is 11.7. The molecule has 0 radical (unpaired) electrons. The van der Waals surface area contributed by atoms with Gasteiger partial charge in [-0.15, -0.1) is 6.42 Å². The summed E-state index contributed by atoms with van der Waals surface area (Å²) < 4.78 is 18.2. The van der Waals surface area contributed by atoms with Crippen molar-refractivity contribution in [2.24, 2.45) is 0 Å². The van der Waals surface area contributed by atoms with Gasteiger partial charge in [-0.3, -0.25) is 14.2 Å². The molecule has 1 saturated carbocycles. The van der Waals surface area contributed by atoms with Gasteiger partial charge in [-0.05, 0) is 19.3 Å². The third-order valence-corrected chi connectivity index (χ3v) is 5.04. The molecule has 1 aliphatic carbocycles. The van der Waals surface area contributed by atoms with Crippen molar-refractivity contribution in [3.63, 3.8) is 0 Å². The Morgan fingerprint density at radius 1 is 1.21 bits per heavy atom. The highest BCUT2D eigenvalue weighted by Crippen LogP contribution is 2.36. The number of hydrogen-bond acceptors (Lipinski definition) is 9. The molecule has 29 heavy (non-hydrogen) atoms. The molecule has 0 amide bonds. The summed E-state index contributed by atoms with van der Waals surface area (Å²) in [4.78, 5) is 36.3. The number of hydrogen-bond donors (Lipinski definition) is 1. The van der Waals surface area contributed by atoms with Crippen molar-refractivity contribution in [3.05, 3.63) is 12.7 Å². The van der Waals surface area contributed by atoms with Gasteiger partial charge in [-0.1, -0.05) is 5.92 Å². The summed E-state index contributed by atoms with van der Waals surface area (Å²) in [6, 6.07) is 0.369. The number of rotatable bonds is 5. The molecule has 2 aromatic rings. The number of nitrogens with zero attached hydrogens (tertiary/aromatic N) is 4. The van der Waals surface area contributed by atoms with Crippen molar-refractivity contribution in [1.29, 1.82) is 0 Å². The number of imidazole rings is 1. The molecule has 1 aliphatic heterocycles. The zero-order chi connectivity index (χ0) is 20.5. The molecule has 2 aromatic heterocycles. The van der Waals surface area contributed by atoms with Crippen LogP contribution in [-0.2, 0) is 23.8 Å². The van der Waals surface area contributed by atoms with Crippen LogP contribution in [0.15, 0.2) is 12.7 Å². The monoisotopic (exact) mass is 399 g/mol. The predicted octanol–water partition coefficient (Wildman–Crippen LogP) is 1.18. The zero-order valence-electron chi connectivity index (χ0n) is 16.1. The van der Waals surface area contributed by atoms with E-state index < -0.39 is 36.5 Å². The number of nitrogens with one attached hydrogen (secondary N) is 1. The quantitative estimate of drug-likeness (QED) is 0.584. The molecule has 0 unspecified atom stereocenters. The van der Waals surface area contributed by atoms with E-state index in [1.165, 1.54) is 32.9 Å². The third-order valence-electron chi connectivity index (χ3n) is 5.04. The van der Waals surface area contributed by atoms with E-state index in [9.17, 15) is 9.59 Å². The van der Waals surface area contributed by atoms with Crippen molar-refractivity contribution in [1.82, 2.24) is 19.5 Å². The van der Waals surface area contributed by atoms with E-state index in [-0.39, 0.29) is 0 Å². The van der Waals surface area contributed by atoms with Crippen LogP contribution in [0.3, 0.4) is 0 Å². The van der Waals surface area contributed by atoms with E-state index >= 15 is 0 Å². The molecule has 10 heteroatoms. The van der Waals surface area contributed by atoms with Crippen LogP contribution in [0.2, 0.25) is 0 Å². The lowest BCUT2D eigenvalue weighted by Gasteiger charge is -2.26. The zero-order valence-corrected chi connectivity index (χ0v) is 16.1. The van der Waals surface area contributed by atoms with Crippen molar-refractivity contribution < 1.29 is 23.8 Å². The number of anilines is 1. The molecule has 3 heterocycles. The lowest BCUT2D eigenvalue weighted by molar-refractivity contribution is -0.165. The van der Waals surface area contributed by atoms with Crippen molar-refractivity contribution >= 4 is 28.9 Å². The summed E-state index contributed by atoms with van der Waals surface area (Å²) in [5, 5.41) is 3.37. The van der Waals surface area contributed by atoms with Crippen LogP contribution in [0, 0.1) is 12.3 Å². The first kappa shape index (κ1) is 19.1. The van der Waals surface area contributed by atoms with Gasteiger partial charge in [-0.25, -0.2) is 15.0 Å². The molecular formula is C19H21N5O5. The number of fused-ring (bicyclic) bond motifs is 1. The number of ether oxygens (including phenoxy) is 3. The Balaban J connectivity index is 1.70. The molecule has 0 spiro atoms. The average molecular weight is 399 g/mol. The van der Waals surface area contributed by atoms with Crippen LogP contribution in [0.1, 0.15) is 39.3 Å². The van der Waals surface area contributed by atoms with Crippen molar-refractivity contribution in [2.75, 3.05) is 5.32 Å². The van der Waals surface area contributed by atoms with Crippen molar-refractivity contribution in [3.8, 4) is 12.3 Å². The smallest absolute Gasteiger partial charge is 0.303 e. The number of carbonyl (C=O) groups is 2. The summed E-state index contributed by atoms with van der Waals surface area (Å²) in [7, 11) is 0. The molecule has 2 aliphatic rings. The molecule has 1 N–H and O–H groups in total. The largest absolute Gasteiger partial charge is 0.455 e. The van der Waals surface area contributed by atoms with E-state index in [0.29, 0.717) is 23.0 Å². The van der Waals surface area contributed by atoms with Gasteiger partial charge in [0.15, 0.2) is 41.5 Å². The molecule has 152 valence electrons. The average Bonchev–Trinajstić information content (AvgIpc) is 3.20. The first-order chi connectivity index (χ1) is 14.0. The Morgan fingerprint density at radius 3 is 2.55 bits per heavy atom. The van der Waals surface area contributed by atoms with Gasteiger partial charge < -0.3 is 19.5 Å². The molecule has 10 nitrogen and oxygen atoms in total. The van der Waals surface area contributed by atoms with Gasteiger partial charge in [0.2, 0.25) is 0 Å². The Hall–Kier alpha value is -3.19. The van der Waals surface area contributed by atoms with Gasteiger partial charge in [-0.2, -0.15) is 0 Å². The highest BCUT2D eigenvalue weighted by atomic mass is 16.6. The molecule has 2 fully saturated rings. The summed E-state index contributed by atoms with van der Waals surface area (Å²) in [5.41, 5.74) is 1.06. The maximum Gasteiger partial charge on any atom is 0.303 e. The van der Waals surface area contributed by atoms with E-state index in [1.807, 2.05) is 0 Å². The highest BCUT2D eigenvalue weighted by molar-refractivity contribution is 5.83. The van der Waals surface area contributed by atoms with Gasteiger partial charge >= 0.3 is 11.9 Å². The Morgan fingerprint density at radius 2 is 1.93 bits per heavy atom. The maximum atomic E-state index is 11.7. The normalized spacial score (nSPS) is 26.5. The Bertz CT molecular complexity index is 979. The summed E-state index contributed by atoms with van der Waals surface area (Å²) in [6.07, 6.45) is 8.22. The van der Waals surface area contributed by atoms with Crippen LogP contribution in [0.4, 0.5) is 5.82 Å². The molecular weight excluding hydrogens is 378 g/mol. The highest BCUT2D eigenvalue weighted by Gasteiger charge is 2.50. The second-order valence-electron chi connectivity index (χ2n) is 7.08. The van der Waals surface area contributed by atoms with E-state index in [2.05, 4.69) is 26.2 Å². The third kappa shape index (κ3) is 3.61. The first-order valence-corrected chi connectivity index (χ1v) is 9.38. The lowest BCUT2D eigenvalue weighted by Crippen LogP contribution is -2.38. The van der Waals surface area contributed by atoms with Crippen molar-refractivity contribution in [2.45, 2.75) is 63.7 Å². The summed E-state index contributed by atoms with van der Waals surface area (Å²) in [5.74, 6) is 1.97. The molecule has 4 atom stereocenters. The topological polar surface area (TPSA) is 117 Å². The Kier molecular flexibility index (Phi) is 5.07. The van der Waals surface area contributed by atoms with E-state index in [1.54, 1.807) is 4.57 Å². The first-order valence-electron chi connectivity index (χ1n) is 9.38. The van der Waals surface area contributed by atoms with Gasteiger partial charge in [0.05, 0.1) is 6.33 Å². The molecule has 4 rings (SSSR count). The van der Waals surface area contributed by atoms with Crippen LogP contribution < -0.4 is 5.32 Å². The number of terminal acetylenes is 1. The van der Waals surface area contributed by atoms with Gasteiger partial charge in [0.25, 0.3) is 0 Å².